The van der Waals surface area contributed by atoms with E-state index in [1.807, 2.05) is 42.5 Å². The lowest BCUT2D eigenvalue weighted by Gasteiger charge is -2.47. The van der Waals surface area contributed by atoms with Crippen LogP contribution in [0.3, 0.4) is 0 Å². The summed E-state index contributed by atoms with van der Waals surface area (Å²) in [5.41, 5.74) is 1.22. The van der Waals surface area contributed by atoms with Gasteiger partial charge in [0.2, 0.25) is 0 Å². The Morgan fingerprint density at radius 3 is 2.58 bits per heavy atom. The number of halogens is 1. The normalized spacial score (nSPS) is 29.5. The van der Waals surface area contributed by atoms with Gasteiger partial charge in [0.05, 0.1) is 11.6 Å². The molecule has 4 rings (SSSR count). The predicted octanol–water partition coefficient (Wildman–Crippen LogP) is 2.24. The van der Waals surface area contributed by atoms with E-state index in [4.69, 9.17) is 0 Å². The summed E-state index contributed by atoms with van der Waals surface area (Å²) < 4.78 is 13.3. The quantitative estimate of drug-likeness (QED) is 0.790. The minimum absolute atomic E-state index is 0.159. The van der Waals surface area contributed by atoms with Crippen LogP contribution < -0.4 is 15.5 Å². The first kappa shape index (κ1) is 17.5. The van der Waals surface area contributed by atoms with Crippen molar-refractivity contribution in [3.8, 4) is 0 Å². The molecule has 4 nitrogen and oxygen atoms in total. The topological polar surface area (TPSA) is 47.5 Å². The third-order valence-electron chi connectivity index (χ3n) is 5.72. The van der Waals surface area contributed by atoms with Gasteiger partial charge in [-0.25, -0.2) is 4.39 Å². The van der Waals surface area contributed by atoms with E-state index in [0.29, 0.717) is 12.8 Å². The number of nitrogens with zero attached hydrogens (tertiary/aromatic N) is 1. The Kier molecular flexibility index (Phi) is 4.94. The van der Waals surface area contributed by atoms with Crippen LogP contribution in [0.1, 0.15) is 18.4 Å². The predicted molar refractivity (Wildman–Crippen MR) is 102 cm³/mol. The van der Waals surface area contributed by atoms with Crippen LogP contribution in [-0.4, -0.2) is 43.4 Å². The van der Waals surface area contributed by atoms with Crippen LogP contribution in [-0.2, 0) is 5.60 Å². The van der Waals surface area contributed by atoms with Crippen LogP contribution in [0.2, 0.25) is 0 Å². The van der Waals surface area contributed by atoms with Gasteiger partial charge in [0, 0.05) is 31.4 Å². The Labute approximate surface area is 154 Å². The number of anilines is 1. The highest BCUT2D eigenvalue weighted by atomic mass is 19.1. The summed E-state index contributed by atoms with van der Waals surface area (Å²) in [4.78, 5) is 2.34. The molecular formula is C21H26FN3O. The van der Waals surface area contributed by atoms with E-state index in [1.54, 1.807) is 0 Å². The van der Waals surface area contributed by atoms with Crippen molar-refractivity contribution in [1.29, 1.82) is 0 Å². The van der Waals surface area contributed by atoms with Crippen molar-refractivity contribution >= 4 is 5.69 Å². The first-order valence-electron chi connectivity index (χ1n) is 9.40. The Morgan fingerprint density at radius 1 is 1.04 bits per heavy atom. The van der Waals surface area contributed by atoms with E-state index in [1.165, 1.54) is 12.1 Å². The molecule has 2 aromatic carbocycles. The van der Waals surface area contributed by atoms with Gasteiger partial charge in [0.25, 0.3) is 0 Å². The number of nitrogens with one attached hydrogen (secondary N) is 2. The molecule has 3 atom stereocenters. The summed E-state index contributed by atoms with van der Waals surface area (Å²) in [5, 5.41) is 18.4. The maximum Gasteiger partial charge on any atom is 0.123 e. The molecule has 3 N–H and O–H groups in total. The van der Waals surface area contributed by atoms with Crippen molar-refractivity contribution in [1.82, 2.24) is 10.6 Å². The second-order valence-corrected chi connectivity index (χ2v) is 7.35. The molecule has 2 saturated heterocycles. The number of piperazine rings is 1. The van der Waals surface area contributed by atoms with Crippen molar-refractivity contribution in [3.63, 3.8) is 0 Å². The lowest BCUT2D eigenvalue weighted by molar-refractivity contribution is -0.0133. The Bertz CT molecular complexity index is 724. The number of hydrogen-bond donors (Lipinski definition) is 3. The van der Waals surface area contributed by atoms with Crippen molar-refractivity contribution < 1.29 is 9.50 Å². The SMILES string of the molecule is OC1(c2ccccc2)CCNC(C2CNCCN2c2ccc(F)cc2)C1. The monoisotopic (exact) mass is 355 g/mol. The van der Waals surface area contributed by atoms with Gasteiger partial charge >= 0.3 is 0 Å². The van der Waals surface area contributed by atoms with E-state index in [0.717, 1.165) is 37.4 Å². The lowest BCUT2D eigenvalue weighted by atomic mass is 9.79. The highest BCUT2D eigenvalue weighted by Crippen LogP contribution is 2.35. The molecule has 2 fully saturated rings. The zero-order valence-corrected chi connectivity index (χ0v) is 14.9. The largest absolute Gasteiger partial charge is 0.385 e. The standard InChI is InChI=1S/C21H26FN3O/c22-17-6-8-18(9-7-17)25-13-12-23-15-20(25)19-14-21(26,10-11-24-19)16-4-2-1-3-5-16/h1-9,19-20,23-24,26H,10-15H2. The highest BCUT2D eigenvalue weighted by molar-refractivity contribution is 5.48. The number of rotatable bonds is 3. The first-order chi connectivity index (χ1) is 12.7. The van der Waals surface area contributed by atoms with E-state index in [9.17, 15) is 9.50 Å². The maximum atomic E-state index is 13.3. The van der Waals surface area contributed by atoms with Gasteiger partial charge in [-0.05, 0) is 49.2 Å². The van der Waals surface area contributed by atoms with E-state index >= 15 is 0 Å². The summed E-state index contributed by atoms with van der Waals surface area (Å²) in [6.07, 6.45) is 1.38. The number of piperidine rings is 1. The highest BCUT2D eigenvalue weighted by Gasteiger charge is 2.41. The average Bonchev–Trinajstić information content (AvgIpc) is 2.69. The van der Waals surface area contributed by atoms with Crippen LogP contribution >= 0.6 is 0 Å². The molecule has 2 aliphatic rings. The summed E-state index contributed by atoms with van der Waals surface area (Å²) >= 11 is 0. The summed E-state index contributed by atoms with van der Waals surface area (Å²) in [5.74, 6) is -0.213. The Balaban J connectivity index is 1.57. The molecular weight excluding hydrogens is 329 g/mol. The zero-order chi connectivity index (χ0) is 18.0. The van der Waals surface area contributed by atoms with Crippen LogP contribution in [0, 0.1) is 5.82 Å². The zero-order valence-electron chi connectivity index (χ0n) is 14.9. The summed E-state index contributed by atoms with van der Waals surface area (Å²) in [6, 6.07) is 17.1. The second kappa shape index (κ2) is 7.35. The van der Waals surface area contributed by atoms with Gasteiger partial charge in [-0.1, -0.05) is 30.3 Å². The van der Waals surface area contributed by atoms with Gasteiger partial charge in [0.1, 0.15) is 5.82 Å². The van der Waals surface area contributed by atoms with E-state index in [-0.39, 0.29) is 17.9 Å². The average molecular weight is 355 g/mol. The molecule has 2 heterocycles. The number of hydrogen-bond acceptors (Lipinski definition) is 4. The van der Waals surface area contributed by atoms with Crippen molar-refractivity contribution in [2.45, 2.75) is 30.5 Å². The number of aliphatic hydroxyl groups is 1. The molecule has 3 unspecified atom stereocenters. The minimum Gasteiger partial charge on any atom is -0.385 e. The molecule has 0 aromatic heterocycles. The third kappa shape index (κ3) is 3.47. The Morgan fingerprint density at radius 2 is 1.81 bits per heavy atom. The molecule has 26 heavy (non-hydrogen) atoms. The van der Waals surface area contributed by atoms with Crippen LogP contribution in [0.5, 0.6) is 0 Å². The van der Waals surface area contributed by atoms with Gasteiger partial charge in [-0.3, -0.25) is 0 Å². The fourth-order valence-electron chi connectivity index (χ4n) is 4.32. The van der Waals surface area contributed by atoms with Crippen molar-refractivity contribution in [2.24, 2.45) is 0 Å². The van der Waals surface area contributed by atoms with E-state index in [2.05, 4.69) is 15.5 Å². The van der Waals surface area contributed by atoms with Crippen LogP contribution in [0.25, 0.3) is 0 Å². The van der Waals surface area contributed by atoms with Gasteiger partial charge in [-0.2, -0.15) is 0 Å². The Hall–Kier alpha value is -1.95. The van der Waals surface area contributed by atoms with Crippen molar-refractivity contribution in [2.75, 3.05) is 31.1 Å². The van der Waals surface area contributed by atoms with E-state index < -0.39 is 5.60 Å². The molecule has 2 aliphatic heterocycles. The molecule has 0 spiro atoms. The van der Waals surface area contributed by atoms with Crippen molar-refractivity contribution in [3.05, 3.63) is 66.0 Å². The third-order valence-corrected chi connectivity index (χ3v) is 5.72. The molecule has 2 aromatic rings. The summed E-state index contributed by atoms with van der Waals surface area (Å²) in [6.45, 7) is 3.41. The molecule has 0 bridgehead atoms. The first-order valence-corrected chi connectivity index (χ1v) is 9.40. The van der Waals surface area contributed by atoms with Gasteiger partial charge in [-0.15, -0.1) is 0 Å². The molecule has 0 amide bonds. The van der Waals surface area contributed by atoms with Gasteiger partial charge in [0.15, 0.2) is 0 Å². The maximum absolute atomic E-state index is 13.3. The van der Waals surface area contributed by atoms with Gasteiger partial charge < -0.3 is 20.6 Å². The fraction of sp³-hybridized carbons (Fsp3) is 0.429. The molecule has 0 saturated carbocycles. The fourth-order valence-corrected chi connectivity index (χ4v) is 4.32. The molecule has 138 valence electrons. The minimum atomic E-state index is -0.802. The smallest absolute Gasteiger partial charge is 0.123 e. The second-order valence-electron chi connectivity index (χ2n) is 7.35. The molecule has 0 aliphatic carbocycles. The number of benzene rings is 2. The molecule has 0 radical (unpaired) electrons. The molecule has 5 heteroatoms. The van der Waals surface area contributed by atoms with Crippen LogP contribution in [0.15, 0.2) is 54.6 Å². The lowest BCUT2D eigenvalue weighted by Crippen LogP contribution is -2.63. The summed E-state index contributed by atoms with van der Waals surface area (Å²) in [7, 11) is 0. The van der Waals surface area contributed by atoms with Crippen LogP contribution in [0.4, 0.5) is 10.1 Å².